The summed E-state index contributed by atoms with van der Waals surface area (Å²) in [5.74, 6) is 1.10. The van der Waals surface area contributed by atoms with Crippen molar-refractivity contribution in [2.75, 3.05) is 0 Å². The van der Waals surface area contributed by atoms with Gasteiger partial charge in [0.05, 0.1) is 0 Å². The van der Waals surface area contributed by atoms with Crippen LogP contribution in [0.5, 0.6) is 0 Å². The van der Waals surface area contributed by atoms with Crippen LogP contribution in [0.25, 0.3) is 0 Å². The molecule has 88 valence electrons. The van der Waals surface area contributed by atoms with Gasteiger partial charge in [0.25, 0.3) is 0 Å². The van der Waals surface area contributed by atoms with Crippen molar-refractivity contribution in [3.8, 4) is 0 Å². The van der Waals surface area contributed by atoms with E-state index in [0.717, 1.165) is 0 Å². The highest BCUT2D eigenvalue weighted by Crippen LogP contribution is 2.50. The molecule has 4 aliphatic carbocycles. The van der Waals surface area contributed by atoms with E-state index in [1.165, 1.54) is 33.4 Å². The largest absolute Gasteiger partial charge is 0.0587 e. The molecule has 0 radical (unpaired) electrons. The van der Waals surface area contributed by atoms with E-state index in [4.69, 9.17) is 0 Å². The molecule has 0 heterocycles. The van der Waals surface area contributed by atoms with Gasteiger partial charge < -0.3 is 0 Å². The van der Waals surface area contributed by atoms with Gasteiger partial charge in [0, 0.05) is 11.8 Å². The molecule has 0 aliphatic heterocycles. The maximum Gasteiger partial charge on any atom is 0.0201 e. The van der Waals surface area contributed by atoms with Crippen LogP contribution in [0.3, 0.4) is 0 Å². The van der Waals surface area contributed by atoms with E-state index in [2.05, 4.69) is 62.5 Å². The zero-order valence-corrected chi connectivity index (χ0v) is 10.8. The van der Waals surface area contributed by atoms with E-state index in [9.17, 15) is 0 Å². The first-order valence-corrected chi connectivity index (χ1v) is 6.63. The lowest BCUT2D eigenvalue weighted by molar-refractivity contribution is 0.554. The van der Waals surface area contributed by atoms with Crippen molar-refractivity contribution in [3.05, 3.63) is 82.0 Å². The Bertz CT molecular complexity index is 654. The van der Waals surface area contributed by atoms with Gasteiger partial charge in [-0.2, -0.15) is 0 Å². The Morgan fingerprint density at radius 3 is 2.33 bits per heavy atom. The van der Waals surface area contributed by atoms with E-state index in [1.54, 1.807) is 0 Å². The minimum atomic E-state index is 0.551. The first kappa shape index (κ1) is 10.1. The summed E-state index contributed by atoms with van der Waals surface area (Å²) in [7, 11) is 0. The Morgan fingerprint density at radius 1 is 0.722 bits per heavy atom. The van der Waals surface area contributed by atoms with Crippen LogP contribution in [0.4, 0.5) is 0 Å². The van der Waals surface area contributed by atoms with Gasteiger partial charge in [-0.25, -0.2) is 0 Å². The smallest absolute Gasteiger partial charge is 0.0201 e. The quantitative estimate of drug-likeness (QED) is 0.579. The van der Waals surface area contributed by atoms with Gasteiger partial charge in [-0.1, -0.05) is 48.6 Å². The van der Waals surface area contributed by atoms with Gasteiger partial charge in [-0.15, -0.1) is 0 Å². The van der Waals surface area contributed by atoms with Gasteiger partial charge in [0.2, 0.25) is 0 Å². The topological polar surface area (TPSA) is 0 Å². The molecular formula is C18H16. The second kappa shape index (κ2) is 3.35. The molecule has 0 bridgehead atoms. The summed E-state index contributed by atoms with van der Waals surface area (Å²) in [4.78, 5) is 0. The SMILES string of the molecule is CC1=CC=C2C=CC3=C(C)C=CC4=CC=C1C2C43. The zero-order valence-electron chi connectivity index (χ0n) is 10.8. The number of hydrogen-bond acceptors (Lipinski definition) is 0. The first-order chi connectivity index (χ1) is 8.75. The lowest BCUT2D eigenvalue weighted by Gasteiger charge is -2.41. The van der Waals surface area contributed by atoms with Crippen LogP contribution in [0.15, 0.2) is 82.0 Å². The lowest BCUT2D eigenvalue weighted by atomic mass is 9.62. The van der Waals surface area contributed by atoms with Crippen molar-refractivity contribution in [3.63, 3.8) is 0 Å². The van der Waals surface area contributed by atoms with Gasteiger partial charge in [0.15, 0.2) is 0 Å². The summed E-state index contributed by atoms with van der Waals surface area (Å²) in [5, 5.41) is 0. The molecule has 0 N–H and O–H groups in total. The Morgan fingerprint density at radius 2 is 1.44 bits per heavy atom. The summed E-state index contributed by atoms with van der Waals surface area (Å²) in [6.45, 7) is 4.45. The fraction of sp³-hybridized carbons (Fsp3) is 0.222. The number of allylic oxidation sites excluding steroid dienone is 14. The van der Waals surface area contributed by atoms with Crippen molar-refractivity contribution in [1.29, 1.82) is 0 Å². The lowest BCUT2D eigenvalue weighted by Crippen LogP contribution is -2.30. The summed E-state index contributed by atoms with van der Waals surface area (Å²) < 4.78 is 0. The molecule has 0 saturated heterocycles. The molecule has 0 saturated carbocycles. The van der Waals surface area contributed by atoms with Crippen molar-refractivity contribution in [2.24, 2.45) is 11.8 Å². The molecule has 4 rings (SSSR count). The zero-order chi connectivity index (χ0) is 12.3. The fourth-order valence-corrected chi connectivity index (χ4v) is 3.60. The fourth-order valence-electron chi connectivity index (χ4n) is 3.60. The van der Waals surface area contributed by atoms with Crippen molar-refractivity contribution >= 4 is 0 Å². The molecule has 0 spiro atoms. The van der Waals surface area contributed by atoms with E-state index < -0.39 is 0 Å². The van der Waals surface area contributed by atoms with Crippen molar-refractivity contribution in [2.45, 2.75) is 13.8 Å². The Balaban J connectivity index is 2.03. The van der Waals surface area contributed by atoms with Crippen LogP contribution in [0, 0.1) is 11.8 Å². The normalized spacial score (nSPS) is 31.4. The third-order valence-corrected chi connectivity index (χ3v) is 4.59. The maximum absolute atomic E-state index is 2.32. The second-order valence-corrected chi connectivity index (χ2v) is 5.57. The first-order valence-electron chi connectivity index (χ1n) is 6.63. The molecule has 0 aromatic heterocycles. The summed E-state index contributed by atoms with van der Waals surface area (Å²) in [6.07, 6.45) is 18.3. The number of hydrogen-bond donors (Lipinski definition) is 0. The minimum absolute atomic E-state index is 0.551. The molecular weight excluding hydrogens is 216 g/mol. The van der Waals surface area contributed by atoms with Crippen LogP contribution < -0.4 is 0 Å². The standard InChI is InChI=1S/C18H16/c1-11-3-5-13-8-10-16-12(2)4-6-14-7-9-15(11)17(13)18(14)16/h3-10,17-18H,1-2H3. The molecule has 0 heteroatoms. The second-order valence-electron chi connectivity index (χ2n) is 5.57. The predicted octanol–water partition coefficient (Wildman–Crippen LogP) is 4.43. The van der Waals surface area contributed by atoms with Gasteiger partial charge in [-0.3, -0.25) is 0 Å². The Labute approximate surface area is 108 Å². The molecule has 0 aromatic carbocycles. The molecule has 4 aliphatic rings. The minimum Gasteiger partial charge on any atom is -0.0587 e. The average Bonchev–Trinajstić information content (AvgIpc) is 2.40. The van der Waals surface area contributed by atoms with Gasteiger partial charge in [-0.05, 0) is 47.3 Å². The van der Waals surface area contributed by atoms with Crippen LogP contribution >= 0.6 is 0 Å². The van der Waals surface area contributed by atoms with Crippen LogP contribution in [-0.2, 0) is 0 Å². The number of rotatable bonds is 0. The summed E-state index contributed by atoms with van der Waals surface area (Å²) in [5.41, 5.74) is 8.78. The highest BCUT2D eigenvalue weighted by molar-refractivity contribution is 5.63. The van der Waals surface area contributed by atoms with Crippen LogP contribution in [0.2, 0.25) is 0 Å². The highest BCUT2D eigenvalue weighted by Gasteiger charge is 2.38. The van der Waals surface area contributed by atoms with E-state index >= 15 is 0 Å². The highest BCUT2D eigenvalue weighted by atomic mass is 14.4. The van der Waals surface area contributed by atoms with Crippen molar-refractivity contribution < 1.29 is 0 Å². The molecule has 0 nitrogen and oxygen atoms in total. The maximum atomic E-state index is 2.32. The molecule has 2 unspecified atom stereocenters. The predicted molar refractivity (Wildman–Crippen MR) is 76.0 cm³/mol. The third kappa shape index (κ3) is 1.16. The molecule has 0 fully saturated rings. The molecule has 18 heavy (non-hydrogen) atoms. The van der Waals surface area contributed by atoms with Gasteiger partial charge >= 0.3 is 0 Å². The van der Waals surface area contributed by atoms with Gasteiger partial charge in [0.1, 0.15) is 0 Å². The van der Waals surface area contributed by atoms with Crippen LogP contribution in [0.1, 0.15) is 13.8 Å². The third-order valence-electron chi connectivity index (χ3n) is 4.59. The monoisotopic (exact) mass is 232 g/mol. The molecule has 2 atom stereocenters. The molecule has 0 aromatic rings. The Kier molecular flexibility index (Phi) is 1.89. The molecule has 0 amide bonds. The van der Waals surface area contributed by atoms with E-state index in [-0.39, 0.29) is 0 Å². The van der Waals surface area contributed by atoms with E-state index in [1.807, 2.05) is 0 Å². The van der Waals surface area contributed by atoms with E-state index in [0.29, 0.717) is 11.8 Å². The Hall–Kier alpha value is -1.82. The summed E-state index contributed by atoms with van der Waals surface area (Å²) in [6, 6.07) is 0. The average molecular weight is 232 g/mol. The van der Waals surface area contributed by atoms with Crippen LogP contribution in [-0.4, -0.2) is 0 Å². The summed E-state index contributed by atoms with van der Waals surface area (Å²) >= 11 is 0. The van der Waals surface area contributed by atoms with Crippen molar-refractivity contribution in [1.82, 2.24) is 0 Å².